The molecular weight excluding hydrogens is 246 g/mol. The van der Waals surface area contributed by atoms with Crippen LogP contribution in [0, 0.1) is 6.92 Å². The number of thiophene rings is 1. The van der Waals surface area contributed by atoms with Gasteiger partial charge in [-0.3, -0.25) is 0 Å². The molecule has 3 aromatic rings. The third kappa shape index (κ3) is 2.00. The Morgan fingerprint density at radius 2 is 2.11 bits per heavy atom. The van der Waals surface area contributed by atoms with Crippen molar-refractivity contribution in [3.63, 3.8) is 0 Å². The summed E-state index contributed by atoms with van der Waals surface area (Å²) < 4.78 is 5.25. The Hall–Kier alpha value is -2.14. The second kappa shape index (κ2) is 4.27. The fourth-order valence-corrected chi connectivity index (χ4v) is 2.39. The van der Waals surface area contributed by atoms with E-state index in [1.54, 1.807) is 0 Å². The van der Waals surface area contributed by atoms with Crippen LogP contribution in [0.1, 0.15) is 5.56 Å². The van der Waals surface area contributed by atoms with E-state index in [1.165, 1.54) is 16.9 Å². The number of nitrogen functional groups attached to an aromatic ring is 1. The van der Waals surface area contributed by atoms with Crippen LogP contribution in [0.15, 0.2) is 40.9 Å². The van der Waals surface area contributed by atoms with Crippen molar-refractivity contribution in [3.05, 3.63) is 42.0 Å². The molecule has 0 fully saturated rings. The summed E-state index contributed by atoms with van der Waals surface area (Å²) in [6.07, 6.45) is 0. The van der Waals surface area contributed by atoms with E-state index in [1.807, 2.05) is 43.3 Å². The minimum absolute atomic E-state index is 0.508. The molecule has 90 valence electrons. The van der Waals surface area contributed by atoms with Gasteiger partial charge in [0.25, 0.3) is 5.89 Å². The highest BCUT2D eigenvalue weighted by atomic mass is 32.1. The standard InChI is InChI=1S/C13H11N3OS/c1-8-3-2-4-9(7-8)12-15-13(17-16-12)10-5-6-11(14)18-10/h2-7H,14H2,1H3. The van der Waals surface area contributed by atoms with Crippen LogP contribution >= 0.6 is 11.3 Å². The van der Waals surface area contributed by atoms with E-state index in [9.17, 15) is 0 Å². The van der Waals surface area contributed by atoms with E-state index >= 15 is 0 Å². The average molecular weight is 257 g/mol. The molecule has 3 rings (SSSR count). The molecule has 4 nitrogen and oxygen atoms in total. The van der Waals surface area contributed by atoms with Gasteiger partial charge in [-0.15, -0.1) is 11.3 Å². The Balaban J connectivity index is 1.99. The molecule has 18 heavy (non-hydrogen) atoms. The average Bonchev–Trinajstić information content (AvgIpc) is 2.97. The predicted octanol–water partition coefficient (Wildman–Crippen LogP) is 3.36. The third-order valence-corrected chi connectivity index (χ3v) is 3.44. The SMILES string of the molecule is Cc1cccc(-c2noc(-c3ccc(N)s3)n2)c1. The molecule has 0 amide bonds. The lowest BCUT2D eigenvalue weighted by Crippen LogP contribution is -1.81. The van der Waals surface area contributed by atoms with Crippen LogP contribution in [-0.2, 0) is 0 Å². The zero-order valence-electron chi connectivity index (χ0n) is 9.75. The minimum Gasteiger partial charge on any atom is -0.391 e. The Bertz CT molecular complexity index is 687. The summed E-state index contributed by atoms with van der Waals surface area (Å²) in [7, 11) is 0. The molecule has 0 aliphatic heterocycles. The number of benzene rings is 1. The van der Waals surface area contributed by atoms with Gasteiger partial charge in [-0.25, -0.2) is 0 Å². The fourth-order valence-electron chi connectivity index (χ4n) is 1.69. The van der Waals surface area contributed by atoms with Crippen LogP contribution in [0.4, 0.5) is 5.00 Å². The molecule has 2 aromatic heterocycles. The van der Waals surface area contributed by atoms with Crippen LogP contribution in [0.25, 0.3) is 22.2 Å². The highest BCUT2D eigenvalue weighted by molar-refractivity contribution is 7.19. The summed E-state index contributed by atoms with van der Waals surface area (Å²) in [5.74, 6) is 1.11. The van der Waals surface area contributed by atoms with Crippen molar-refractivity contribution in [1.29, 1.82) is 0 Å². The van der Waals surface area contributed by atoms with Gasteiger partial charge >= 0.3 is 0 Å². The first-order valence-electron chi connectivity index (χ1n) is 5.49. The first-order valence-corrected chi connectivity index (χ1v) is 6.30. The topological polar surface area (TPSA) is 64.9 Å². The summed E-state index contributed by atoms with van der Waals surface area (Å²) in [5.41, 5.74) is 7.80. The first-order chi connectivity index (χ1) is 8.72. The van der Waals surface area contributed by atoms with Crippen molar-refractivity contribution >= 4 is 16.3 Å². The highest BCUT2D eigenvalue weighted by Gasteiger charge is 2.12. The van der Waals surface area contributed by atoms with Gasteiger partial charge in [0.15, 0.2) is 0 Å². The van der Waals surface area contributed by atoms with Crippen molar-refractivity contribution in [2.24, 2.45) is 0 Å². The van der Waals surface area contributed by atoms with E-state index in [4.69, 9.17) is 10.3 Å². The zero-order valence-corrected chi connectivity index (χ0v) is 10.6. The maximum absolute atomic E-state index is 5.68. The van der Waals surface area contributed by atoms with E-state index in [-0.39, 0.29) is 0 Å². The van der Waals surface area contributed by atoms with Crippen molar-refractivity contribution in [3.8, 4) is 22.2 Å². The van der Waals surface area contributed by atoms with Gasteiger partial charge in [-0.05, 0) is 25.1 Å². The number of aryl methyl sites for hydroxylation is 1. The van der Waals surface area contributed by atoms with Gasteiger partial charge in [-0.1, -0.05) is 28.9 Å². The van der Waals surface area contributed by atoms with Crippen LogP contribution in [0.2, 0.25) is 0 Å². The highest BCUT2D eigenvalue weighted by Crippen LogP contribution is 2.29. The Morgan fingerprint density at radius 1 is 1.22 bits per heavy atom. The number of hydrogen-bond acceptors (Lipinski definition) is 5. The van der Waals surface area contributed by atoms with Crippen molar-refractivity contribution < 1.29 is 4.52 Å². The van der Waals surface area contributed by atoms with E-state index in [2.05, 4.69) is 10.1 Å². The second-order valence-electron chi connectivity index (χ2n) is 3.99. The normalized spacial score (nSPS) is 10.7. The minimum atomic E-state index is 0.508. The Kier molecular flexibility index (Phi) is 2.60. The zero-order chi connectivity index (χ0) is 12.5. The molecule has 0 aliphatic rings. The molecule has 2 heterocycles. The summed E-state index contributed by atoms with van der Waals surface area (Å²) in [5, 5.41) is 4.73. The largest absolute Gasteiger partial charge is 0.391 e. The summed E-state index contributed by atoms with van der Waals surface area (Å²) >= 11 is 1.43. The van der Waals surface area contributed by atoms with E-state index < -0.39 is 0 Å². The monoisotopic (exact) mass is 257 g/mol. The molecule has 0 radical (unpaired) electrons. The van der Waals surface area contributed by atoms with E-state index in [0.29, 0.717) is 11.7 Å². The van der Waals surface area contributed by atoms with Gasteiger partial charge in [0.05, 0.1) is 9.88 Å². The van der Waals surface area contributed by atoms with Gasteiger partial charge in [0, 0.05) is 5.56 Å². The maximum atomic E-state index is 5.68. The van der Waals surface area contributed by atoms with Crippen LogP contribution < -0.4 is 5.73 Å². The summed E-state index contributed by atoms with van der Waals surface area (Å²) in [4.78, 5) is 5.27. The van der Waals surface area contributed by atoms with Gasteiger partial charge in [-0.2, -0.15) is 4.98 Å². The number of anilines is 1. The number of nitrogens with zero attached hydrogens (tertiary/aromatic N) is 2. The molecule has 0 unspecified atom stereocenters. The van der Waals surface area contributed by atoms with E-state index in [0.717, 1.165) is 15.4 Å². The molecule has 0 bridgehead atoms. The quantitative estimate of drug-likeness (QED) is 0.764. The Morgan fingerprint density at radius 3 is 2.83 bits per heavy atom. The first kappa shape index (κ1) is 11.0. The predicted molar refractivity (Wildman–Crippen MR) is 72.2 cm³/mol. The third-order valence-electron chi connectivity index (χ3n) is 2.54. The lowest BCUT2D eigenvalue weighted by molar-refractivity contribution is 0.433. The number of rotatable bonds is 2. The molecule has 1 aromatic carbocycles. The van der Waals surface area contributed by atoms with Crippen LogP contribution in [0.5, 0.6) is 0 Å². The lowest BCUT2D eigenvalue weighted by Gasteiger charge is -1.94. The van der Waals surface area contributed by atoms with Gasteiger partial charge in [0.2, 0.25) is 5.82 Å². The smallest absolute Gasteiger partial charge is 0.268 e. The second-order valence-corrected chi connectivity index (χ2v) is 5.11. The molecule has 2 N–H and O–H groups in total. The number of nitrogens with two attached hydrogens (primary N) is 1. The number of hydrogen-bond donors (Lipinski definition) is 1. The molecule has 0 saturated heterocycles. The van der Waals surface area contributed by atoms with Crippen molar-refractivity contribution in [2.45, 2.75) is 6.92 Å². The Labute approximate surface area is 108 Å². The molecule has 5 heteroatoms. The summed E-state index contributed by atoms with van der Waals surface area (Å²) in [6, 6.07) is 11.7. The lowest BCUT2D eigenvalue weighted by atomic mass is 10.1. The molecular formula is C13H11N3OS. The number of aromatic nitrogens is 2. The van der Waals surface area contributed by atoms with Crippen LogP contribution in [-0.4, -0.2) is 10.1 Å². The fraction of sp³-hybridized carbons (Fsp3) is 0.0769. The van der Waals surface area contributed by atoms with Crippen molar-refractivity contribution in [1.82, 2.24) is 10.1 Å². The molecule has 0 spiro atoms. The van der Waals surface area contributed by atoms with Crippen molar-refractivity contribution in [2.75, 3.05) is 5.73 Å². The summed E-state index contributed by atoms with van der Waals surface area (Å²) in [6.45, 7) is 2.03. The van der Waals surface area contributed by atoms with Crippen LogP contribution in [0.3, 0.4) is 0 Å². The molecule has 0 saturated carbocycles. The molecule has 0 atom stereocenters. The van der Waals surface area contributed by atoms with Gasteiger partial charge < -0.3 is 10.3 Å². The molecule has 0 aliphatic carbocycles. The van der Waals surface area contributed by atoms with Gasteiger partial charge in [0.1, 0.15) is 0 Å². The maximum Gasteiger partial charge on any atom is 0.268 e.